The van der Waals surface area contributed by atoms with Gasteiger partial charge >= 0.3 is 0 Å². The molecule has 0 saturated heterocycles. The van der Waals surface area contributed by atoms with Crippen LogP contribution in [0.1, 0.15) is 18.1 Å². The molecule has 0 aromatic heterocycles. The number of nitrogens with two attached hydrogens (primary N) is 1. The normalized spacial score (nSPS) is 12.2. The maximum absolute atomic E-state index is 12.6. The van der Waals surface area contributed by atoms with Gasteiger partial charge in [-0.25, -0.2) is 0 Å². The molecule has 0 aliphatic rings. The van der Waals surface area contributed by atoms with Crippen molar-refractivity contribution >= 4 is 52.2 Å². The van der Waals surface area contributed by atoms with Crippen LogP contribution in [0, 0.1) is 5.41 Å². The zero-order chi connectivity index (χ0) is 22.4. The number of nitrogens with zero attached hydrogens (tertiary/aromatic N) is 2. The fourth-order valence-electron chi connectivity index (χ4n) is 2.61. The lowest BCUT2D eigenvalue weighted by Gasteiger charge is -2.13. The molecule has 2 rings (SSSR count). The number of benzene rings is 2. The van der Waals surface area contributed by atoms with E-state index in [2.05, 4.69) is 10.3 Å². The van der Waals surface area contributed by atoms with Crippen molar-refractivity contribution in [1.82, 2.24) is 5.32 Å². The van der Waals surface area contributed by atoms with Crippen molar-refractivity contribution in [2.24, 2.45) is 10.7 Å². The van der Waals surface area contributed by atoms with Gasteiger partial charge in [0.05, 0.1) is 0 Å². The van der Waals surface area contributed by atoms with Crippen molar-refractivity contribution in [3.63, 3.8) is 0 Å². The molecule has 158 valence electrons. The monoisotopic (exact) mass is 447 g/mol. The molecule has 2 aromatic rings. The Morgan fingerprint density at radius 3 is 2.23 bits per heavy atom. The highest BCUT2D eigenvalue weighted by Gasteiger charge is 2.19. The van der Waals surface area contributed by atoms with Crippen LogP contribution < -0.4 is 16.0 Å². The lowest BCUT2D eigenvalue weighted by Crippen LogP contribution is -2.32. The van der Waals surface area contributed by atoms with Crippen molar-refractivity contribution in [2.45, 2.75) is 13.5 Å². The second kappa shape index (κ2) is 10.1. The molecule has 0 bridgehead atoms. The summed E-state index contributed by atoms with van der Waals surface area (Å²) in [7, 11) is 3.78. The van der Waals surface area contributed by atoms with Gasteiger partial charge in [-0.2, -0.15) is 4.99 Å². The number of hydrogen-bond acceptors (Lipinski definition) is 4. The number of guanidine groups is 1. The Labute approximate surface area is 185 Å². The summed E-state index contributed by atoms with van der Waals surface area (Å²) in [5.74, 6) is -1.33. The van der Waals surface area contributed by atoms with E-state index in [1.54, 1.807) is 42.5 Å². The number of aliphatic imine (C=N–C) groups is 1. The van der Waals surface area contributed by atoms with E-state index >= 15 is 0 Å². The van der Waals surface area contributed by atoms with Crippen LogP contribution in [0.2, 0.25) is 10.0 Å². The Morgan fingerprint density at radius 1 is 1.17 bits per heavy atom. The second-order valence-corrected chi connectivity index (χ2v) is 7.60. The summed E-state index contributed by atoms with van der Waals surface area (Å²) in [6.45, 7) is 1.63. The van der Waals surface area contributed by atoms with E-state index in [9.17, 15) is 9.90 Å². The molecule has 0 heterocycles. The van der Waals surface area contributed by atoms with Crippen molar-refractivity contribution in [3.8, 4) is 0 Å². The number of amides is 1. The molecule has 1 amide bonds. The Balaban J connectivity index is 2.22. The highest BCUT2D eigenvalue weighted by Crippen LogP contribution is 2.21. The van der Waals surface area contributed by atoms with Gasteiger partial charge in [0.25, 0.3) is 5.91 Å². The molecule has 30 heavy (non-hydrogen) atoms. The zero-order valence-corrected chi connectivity index (χ0v) is 18.3. The van der Waals surface area contributed by atoms with Crippen LogP contribution in [0.15, 0.2) is 53.0 Å². The highest BCUT2D eigenvalue weighted by atomic mass is 35.5. The molecule has 0 unspecified atom stereocenters. The van der Waals surface area contributed by atoms with Gasteiger partial charge in [0.15, 0.2) is 5.96 Å². The van der Waals surface area contributed by atoms with Crippen LogP contribution in [-0.4, -0.2) is 36.8 Å². The molecule has 0 aliphatic heterocycles. The van der Waals surface area contributed by atoms with Gasteiger partial charge < -0.3 is 26.5 Å². The van der Waals surface area contributed by atoms with E-state index in [1.165, 1.54) is 6.92 Å². The number of carbonyl (C=O) groups excluding carboxylic acids is 1. The molecular weight excluding hydrogens is 425 g/mol. The van der Waals surface area contributed by atoms with Gasteiger partial charge in [0.1, 0.15) is 11.3 Å². The van der Waals surface area contributed by atoms with Crippen LogP contribution in [-0.2, 0) is 11.3 Å². The summed E-state index contributed by atoms with van der Waals surface area (Å²) in [4.78, 5) is 18.3. The highest BCUT2D eigenvalue weighted by molar-refractivity contribution is 6.34. The molecule has 9 heteroatoms. The van der Waals surface area contributed by atoms with E-state index in [0.717, 1.165) is 11.3 Å². The lowest BCUT2D eigenvalue weighted by molar-refractivity contribution is -0.113. The number of nitrogens with one attached hydrogen (secondary N) is 2. The van der Waals surface area contributed by atoms with Gasteiger partial charge in [0, 0.05) is 47.6 Å². The third-order valence-corrected chi connectivity index (χ3v) is 4.54. The fraction of sp³-hybridized carbons (Fsp3) is 0.190. The molecule has 7 nitrogen and oxygen atoms in total. The second-order valence-electron chi connectivity index (χ2n) is 6.72. The summed E-state index contributed by atoms with van der Waals surface area (Å²) < 4.78 is 0. The van der Waals surface area contributed by atoms with E-state index in [4.69, 9.17) is 34.3 Å². The summed E-state index contributed by atoms with van der Waals surface area (Å²) >= 11 is 11.9. The van der Waals surface area contributed by atoms with Crippen molar-refractivity contribution in [3.05, 3.63) is 69.2 Å². The lowest BCUT2D eigenvalue weighted by atomic mass is 10.0. The Bertz CT molecular complexity index is 994. The average molecular weight is 448 g/mol. The number of carbonyl (C=O) groups is 1. The maximum Gasteiger partial charge on any atom is 0.285 e. The van der Waals surface area contributed by atoms with Crippen molar-refractivity contribution in [1.29, 1.82) is 5.41 Å². The first kappa shape index (κ1) is 23.3. The van der Waals surface area contributed by atoms with Crippen molar-refractivity contribution < 1.29 is 9.90 Å². The van der Waals surface area contributed by atoms with E-state index < -0.39 is 5.91 Å². The predicted octanol–water partition coefficient (Wildman–Crippen LogP) is 4.00. The molecule has 2 aromatic carbocycles. The van der Waals surface area contributed by atoms with Gasteiger partial charge in [-0.3, -0.25) is 4.79 Å². The minimum Gasteiger partial charge on any atom is -0.506 e. The molecule has 0 aliphatic carbocycles. The number of hydrogen-bond donors (Lipinski definition) is 4. The first-order chi connectivity index (χ1) is 14.1. The van der Waals surface area contributed by atoms with Crippen LogP contribution in [0.4, 0.5) is 5.69 Å². The van der Waals surface area contributed by atoms with Gasteiger partial charge in [-0.15, -0.1) is 0 Å². The van der Waals surface area contributed by atoms with E-state index in [0.29, 0.717) is 15.6 Å². The Hall–Kier alpha value is -3.03. The quantitative estimate of drug-likeness (QED) is 0.231. The molecule has 0 fully saturated rings. The molecule has 0 saturated carbocycles. The summed E-state index contributed by atoms with van der Waals surface area (Å²) in [6, 6.07) is 11.9. The van der Waals surface area contributed by atoms with Crippen molar-refractivity contribution in [2.75, 3.05) is 19.0 Å². The van der Waals surface area contributed by atoms with E-state index in [-0.39, 0.29) is 29.5 Å². The third kappa shape index (κ3) is 6.23. The topological polar surface area (TPSA) is 115 Å². The predicted molar refractivity (Wildman–Crippen MR) is 124 cm³/mol. The molecule has 0 radical (unpaired) electrons. The summed E-state index contributed by atoms with van der Waals surface area (Å²) in [5.41, 5.74) is 7.51. The SMILES string of the molecule is CC(=N)/C(C(=O)/N=C(\N)NCc1cc(Cl)cc(Cl)c1)=C(\O)c1ccc(N(C)C)cc1. The minimum atomic E-state index is -0.828. The molecule has 0 spiro atoms. The van der Waals surface area contributed by atoms with Crippen LogP contribution in [0.5, 0.6) is 0 Å². The first-order valence-electron chi connectivity index (χ1n) is 8.92. The van der Waals surface area contributed by atoms with Crippen LogP contribution >= 0.6 is 23.2 Å². The van der Waals surface area contributed by atoms with Gasteiger partial charge in [-0.1, -0.05) is 23.2 Å². The summed E-state index contributed by atoms with van der Waals surface area (Å²) in [6.07, 6.45) is 0. The number of anilines is 1. The smallest absolute Gasteiger partial charge is 0.285 e. The molecule has 5 N–H and O–H groups in total. The molecular formula is C21H23Cl2N5O2. The van der Waals surface area contributed by atoms with E-state index in [1.807, 2.05) is 19.0 Å². The zero-order valence-electron chi connectivity index (χ0n) is 16.8. The Morgan fingerprint density at radius 2 is 1.73 bits per heavy atom. The van der Waals surface area contributed by atoms with Gasteiger partial charge in [-0.05, 0) is 55.0 Å². The number of rotatable bonds is 6. The number of aliphatic hydroxyl groups excluding tert-OH is 1. The minimum absolute atomic E-state index is 0.132. The first-order valence-corrected chi connectivity index (χ1v) is 9.68. The van der Waals surface area contributed by atoms with Crippen LogP contribution in [0.25, 0.3) is 5.76 Å². The standard InChI is InChI=1S/C21H23Cl2N5O2/c1-12(24)18(19(29)14-4-6-17(7-5-14)28(2)3)20(30)27-21(25)26-11-13-8-15(22)10-16(23)9-13/h4-10,24,29H,11H2,1-3H3,(H3,25,26,27,30)/b19-18+,24-12?. The summed E-state index contributed by atoms with van der Waals surface area (Å²) in [5, 5.41) is 22.2. The Kier molecular flexibility index (Phi) is 7.86. The van der Waals surface area contributed by atoms with Crippen LogP contribution in [0.3, 0.4) is 0 Å². The average Bonchev–Trinajstić information content (AvgIpc) is 2.65. The number of halogens is 2. The maximum atomic E-state index is 12.6. The third-order valence-electron chi connectivity index (χ3n) is 4.10. The fourth-order valence-corrected chi connectivity index (χ4v) is 3.18. The van der Waals surface area contributed by atoms with Gasteiger partial charge in [0.2, 0.25) is 0 Å². The molecule has 0 atom stereocenters. The number of aliphatic hydroxyl groups is 1. The largest absolute Gasteiger partial charge is 0.506 e.